The fraction of sp³-hybridized carbons (Fsp3) is 0.0909. The molecular formula is C11H9O2Zn-. The number of rotatable bonds is 3. The number of hydrogen-bond acceptors (Lipinski definition) is 2. The van der Waals surface area contributed by atoms with Crippen LogP contribution >= 0.6 is 0 Å². The van der Waals surface area contributed by atoms with E-state index >= 15 is 0 Å². The van der Waals surface area contributed by atoms with E-state index in [1.807, 2.05) is 30.3 Å². The molecule has 1 aromatic carbocycles. The number of hydrogen-bond donors (Lipinski definition) is 0. The van der Waals surface area contributed by atoms with Gasteiger partial charge >= 0.3 is 92.6 Å². The first-order valence-electron chi connectivity index (χ1n) is 4.20. The van der Waals surface area contributed by atoms with Gasteiger partial charge in [0.1, 0.15) is 0 Å². The van der Waals surface area contributed by atoms with E-state index in [9.17, 15) is 4.79 Å². The Bertz CT molecular complexity index is 355. The average molecular weight is 239 g/mol. The summed E-state index contributed by atoms with van der Waals surface area (Å²) in [6, 6.07) is 10.7. The summed E-state index contributed by atoms with van der Waals surface area (Å²) in [6.07, 6.45) is 3.68. The zero-order valence-electron chi connectivity index (χ0n) is 7.99. The van der Waals surface area contributed by atoms with Crippen molar-refractivity contribution in [3.63, 3.8) is 0 Å². The second kappa shape index (κ2) is 5.61. The Morgan fingerprint density at radius 1 is 1.57 bits per heavy atom. The molecule has 0 fully saturated rings. The van der Waals surface area contributed by atoms with Gasteiger partial charge in [-0.25, -0.2) is 0 Å². The van der Waals surface area contributed by atoms with E-state index in [0.717, 1.165) is 23.4 Å². The van der Waals surface area contributed by atoms with E-state index in [-0.39, 0.29) is 5.97 Å². The summed E-state index contributed by atoms with van der Waals surface area (Å²) in [4.78, 5) is 10.6. The van der Waals surface area contributed by atoms with Crippen LogP contribution in [0.3, 0.4) is 0 Å². The van der Waals surface area contributed by atoms with Crippen molar-refractivity contribution in [2.45, 2.75) is 6.92 Å². The Morgan fingerprint density at radius 3 is 2.93 bits per heavy atom. The molecule has 14 heavy (non-hydrogen) atoms. The van der Waals surface area contributed by atoms with Gasteiger partial charge in [0.25, 0.3) is 0 Å². The van der Waals surface area contributed by atoms with Crippen molar-refractivity contribution >= 4 is 16.3 Å². The summed E-state index contributed by atoms with van der Waals surface area (Å²) in [5.41, 5.74) is 0.977. The van der Waals surface area contributed by atoms with Crippen LogP contribution < -0.4 is 0 Å². The third-order valence-corrected chi connectivity index (χ3v) is 2.25. The van der Waals surface area contributed by atoms with Crippen LogP contribution in [-0.4, -0.2) is 10.3 Å². The first kappa shape index (κ1) is 11.0. The van der Waals surface area contributed by atoms with Gasteiger partial charge in [0.2, 0.25) is 0 Å². The molecule has 0 amide bonds. The molecule has 2 nitrogen and oxygen atoms in total. The molecule has 0 N–H and O–H groups in total. The van der Waals surface area contributed by atoms with Crippen molar-refractivity contribution in [3.05, 3.63) is 42.0 Å². The normalized spacial score (nSPS) is 10.2. The van der Waals surface area contributed by atoms with Gasteiger partial charge in [-0.3, -0.25) is 0 Å². The molecule has 0 heterocycles. The molecule has 0 atom stereocenters. The first-order valence-corrected chi connectivity index (χ1v) is 5.69. The quantitative estimate of drug-likeness (QED) is 0.456. The molecule has 0 aliphatic heterocycles. The molecule has 0 unspecified atom stereocenters. The van der Waals surface area contributed by atoms with E-state index in [2.05, 4.69) is 6.07 Å². The van der Waals surface area contributed by atoms with Crippen LogP contribution in [0, 0.1) is 6.07 Å². The van der Waals surface area contributed by atoms with Gasteiger partial charge in [-0.2, -0.15) is 0 Å². The zero-order chi connectivity index (χ0) is 10.4. The number of ether oxygens (including phenoxy) is 1. The number of carbonyl (C=O) groups excluding carboxylic acids is 1. The molecule has 0 radical (unpaired) electrons. The summed E-state index contributed by atoms with van der Waals surface area (Å²) in [5.74, 6) is -0.270. The van der Waals surface area contributed by atoms with E-state index in [1.165, 1.54) is 6.92 Å². The molecule has 1 rings (SSSR count). The average Bonchev–Trinajstić information content (AvgIpc) is 2.15. The SMILES string of the molecule is CC(=O)O[C](=[Zn])/C=C\c1[c-]cccc1. The van der Waals surface area contributed by atoms with Crippen molar-refractivity contribution in [2.24, 2.45) is 0 Å². The van der Waals surface area contributed by atoms with E-state index in [0.29, 0.717) is 4.29 Å². The van der Waals surface area contributed by atoms with Crippen LogP contribution in [0.4, 0.5) is 0 Å². The summed E-state index contributed by atoms with van der Waals surface area (Å²) < 4.78 is 5.61. The Morgan fingerprint density at radius 2 is 2.36 bits per heavy atom. The van der Waals surface area contributed by atoms with Crippen LogP contribution in [-0.2, 0) is 27.4 Å². The fourth-order valence-electron chi connectivity index (χ4n) is 0.912. The van der Waals surface area contributed by atoms with Crippen LogP contribution in [0.2, 0.25) is 0 Å². The third kappa shape index (κ3) is 4.24. The number of esters is 1. The van der Waals surface area contributed by atoms with E-state index in [4.69, 9.17) is 4.74 Å². The standard InChI is InChI=1S/C11H9O2.Zn/c1-10(12)13-9-5-8-11-6-3-2-4-7-11;/h2-6,8H,1H3;/q-1;/b8-5-;. The molecule has 0 aliphatic carbocycles. The Balaban J connectivity index is 2.56. The monoisotopic (exact) mass is 237 g/mol. The summed E-state index contributed by atoms with van der Waals surface area (Å²) >= 11 is 0.822. The Hall–Kier alpha value is -1.08. The fourth-order valence-corrected chi connectivity index (χ4v) is 1.59. The first-order chi connectivity index (χ1) is 6.68. The predicted molar refractivity (Wildman–Crippen MR) is 51.1 cm³/mol. The minimum absolute atomic E-state index is 0.270. The van der Waals surface area contributed by atoms with Crippen LogP contribution in [0.25, 0.3) is 6.08 Å². The maximum absolute atomic E-state index is 10.6. The van der Waals surface area contributed by atoms with Crippen LogP contribution in [0.15, 0.2) is 30.3 Å². The van der Waals surface area contributed by atoms with Crippen molar-refractivity contribution < 1.29 is 27.4 Å². The number of carbonyl (C=O) groups is 1. The molecule has 0 bridgehead atoms. The predicted octanol–water partition coefficient (Wildman–Crippen LogP) is 1.74. The van der Waals surface area contributed by atoms with Crippen molar-refractivity contribution in [3.8, 4) is 0 Å². The molecule has 0 aliphatic rings. The van der Waals surface area contributed by atoms with Crippen molar-refractivity contribution in [1.82, 2.24) is 0 Å². The van der Waals surface area contributed by atoms with Gasteiger partial charge in [0.05, 0.1) is 0 Å². The maximum atomic E-state index is 10.6. The van der Waals surface area contributed by atoms with E-state index in [1.54, 1.807) is 6.08 Å². The van der Waals surface area contributed by atoms with Gasteiger partial charge in [0.15, 0.2) is 0 Å². The molecule has 1 aromatic rings. The molecule has 0 saturated heterocycles. The van der Waals surface area contributed by atoms with Crippen molar-refractivity contribution in [1.29, 1.82) is 0 Å². The number of benzene rings is 1. The van der Waals surface area contributed by atoms with E-state index < -0.39 is 0 Å². The van der Waals surface area contributed by atoms with Crippen LogP contribution in [0.1, 0.15) is 12.5 Å². The van der Waals surface area contributed by atoms with Crippen LogP contribution in [0.5, 0.6) is 0 Å². The Labute approximate surface area is 92.8 Å². The molecular weight excluding hydrogens is 230 g/mol. The van der Waals surface area contributed by atoms with Crippen molar-refractivity contribution in [2.75, 3.05) is 0 Å². The summed E-state index contributed by atoms with van der Waals surface area (Å²) in [5, 5.41) is 0. The van der Waals surface area contributed by atoms with Gasteiger partial charge in [-0.05, 0) is 0 Å². The van der Waals surface area contributed by atoms with Gasteiger partial charge in [-0.15, -0.1) is 0 Å². The molecule has 3 heteroatoms. The summed E-state index contributed by atoms with van der Waals surface area (Å²) in [7, 11) is 0. The molecule has 0 spiro atoms. The Kier molecular flexibility index (Phi) is 4.41. The third-order valence-electron chi connectivity index (χ3n) is 1.46. The minimum atomic E-state index is -0.270. The second-order valence-electron chi connectivity index (χ2n) is 2.71. The molecule has 0 saturated carbocycles. The molecule has 0 aromatic heterocycles. The van der Waals surface area contributed by atoms with Gasteiger partial charge < -0.3 is 0 Å². The van der Waals surface area contributed by atoms with Gasteiger partial charge in [0, 0.05) is 0 Å². The zero-order valence-corrected chi connectivity index (χ0v) is 11.0. The summed E-state index contributed by atoms with van der Waals surface area (Å²) in [6.45, 7) is 1.40. The van der Waals surface area contributed by atoms with Gasteiger partial charge in [-0.1, -0.05) is 0 Å². The molecule has 68 valence electrons. The second-order valence-corrected chi connectivity index (χ2v) is 4.17. The topological polar surface area (TPSA) is 26.3 Å².